The van der Waals surface area contributed by atoms with E-state index in [0.29, 0.717) is 18.4 Å². The summed E-state index contributed by atoms with van der Waals surface area (Å²) in [5, 5.41) is 0. The standard InChI is InChI=1S/C30H47NO9/c1-9-11-19(5)27(32)39-25-14-13-23(16-26(25)40-28(33)20(6)12-10-2)15-24(31)29(34)36-17-21(7)37-30(35)38-22(8)18(3)4/h13-14,16,18-22,24H,9-12,15,17,31H2,1-8H3/t19?,20?,21-,22?,24-/m0/s1. The lowest BCUT2D eigenvalue weighted by molar-refractivity contribution is -0.148. The van der Waals surface area contributed by atoms with E-state index in [0.717, 1.165) is 12.8 Å². The summed E-state index contributed by atoms with van der Waals surface area (Å²) in [4.78, 5) is 49.5. The van der Waals surface area contributed by atoms with Gasteiger partial charge in [0, 0.05) is 0 Å². The third-order valence-corrected chi connectivity index (χ3v) is 6.41. The molecule has 10 nitrogen and oxygen atoms in total. The van der Waals surface area contributed by atoms with Crippen LogP contribution in [0.2, 0.25) is 0 Å². The van der Waals surface area contributed by atoms with Gasteiger partial charge in [-0.25, -0.2) is 4.79 Å². The maximum Gasteiger partial charge on any atom is 0.508 e. The number of nitrogens with two attached hydrogens (primary N) is 1. The van der Waals surface area contributed by atoms with Gasteiger partial charge in [0.15, 0.2) is 11.5 Å². The molecule has 1 aromatic rings. The van der Waals surface area contributed by atoms with Crippen LogP contribution >= 0.6 is 0 Å². The normalized spacial score (nSPS) is 14.8. The lowest BCUT2D eigenvalue weighted by atomic mass is 10.0. The van der Waals surface area contributed by atoms with Gasteiger partial charge in [-0.15, -0.1) is 0 Å². The Kier molecular flexibility index (Phi) is 15.3. The van der Waals surface area contributed by atoms with E-state index in [1.54, 1.807) is 33.8 Å². The fraction of sp³-hybridized carbons (Fsp3) is 0.667. The van der Waals surface area contributed by atoms with E-state index in [-0.39, 0.29) is 48.4 Å². The second-order valence-corrected chi connectivity index (χ2v) is 10.7. The molecule has 0 aliphatic rings. The number of esters is 3. The topological polar surface area (TPSA) is 140 Å². The minimum absolute atomic E-state index is 0.0670. The molecule has 1 aromatic carbocycles. The smallest absolute Gasteiger partial charge is 0.461 e. The highest BCUT2D eigenvalue weighted by molar-refractivity contribution is 5.79. The number of ether oxygens (including phenoxy) is 5. The second kappa shape index (κ2) is 17.5. The SMILES string of the molecule is CCCC(C)C(=O)Oc1ccc(C[C@H](N)C(=O)OC[C@H](C)OC(=O)OC(C)C(C)C)cc1OC(=O)C(C)CCC. The van der Waals surface area contributed by atoms with Crippen molar-refractivity contribution in [1.82, 2.24) is 0 Å². The fourth-order valence-corrected chi connectivity index (χ4v) is 3.52. The maximum absolute atomic E-state index is 12.6. The largest absolute Gasteiger partial charge is 0.508 e. The van der Waals surface area contributed by atoms with Crippen molar-refractivity contribution in [3.8, 4) is 11.5 Å². The molecule has 0 fully saturated rings. The predicted octanol–water partition coefficient (Wildman–Crippen LogP) is 5.37. The maximum atomic E-state index is 12.6. The first-order chi connectivity index (χ1) is 18.8. The zero-order chi connectivity index (χ0) is 30.4. The molecule has 226 valence electrons. The minimum atomic E-state index is -1.04. The highest BCUT2D eigenvalue weighted by Crippen LogP contribution is 2.31. The molecular weight excluding hydrogens is 518 g/mol. The lowest BCUT2D eigenvalue weighted by Gasteiger charge is -2.19. The first-order valence-corrected chi connectivity index (χ1v) is 14.1. The zero-order valence-corrected chi connectivity index (χ0v) is 25.2. The van der Waals surface area contributed by atoms with Gasteiger partial charge >= 0.3 is 24.1 Å². The van der Waals surface area contributed by atoms with E-state index in [4.69, 9.17) is 29.4 Å². The molecule has 5 atom stereocenters. The Morgan fingerprint density at radius 1 is 0.775 bits per heavy atom. The summed E-state index contributed by atoms with van der Waals surface area (Å²) in [6, 6.07) is 3.66. The Morgan fingerprint density at radius 3 is 1.85 bits per heavy atom. The molecule has 40 heavy (non-hydrogen) atoms. The van der Waals surface area contributed by atoms with Crippen LogP contribution in [0.5, 0.6) is 11.5 Å². The molecule has 0 saturated heterocycles. The average Bonchev–Trinajstić information content (AvgIpc) is 2.88. The van der Waals surface area contributed by atoms with Gasteiger partial charge in [-0.1, -0.05) is 60.5 Å². The van der Waals surface area contributed by atoms with E-state index >= 15 is 0 Å². The van der Waals surface area contributed by atoms with Gasteiger partial charge in [0.05, 0.1) is 11.8 Å². The molecule has 0 heterocycles. The van der Waals surface area contributed by atoms with E-state index < -0.39 is 36.2 Å². The van der Waals surface area contributed by atoms with Gasteiger partial charge in [-0.3, -0.25) is 14.4 Å². The molecular formula is C30H47NO9. The molecule has 2 N–H and O–H groups in total. The first kappa shape index (κ1) is 34.9. The molecule has 0 saturated carbocycles. The second-order valence-electron chi connectivity index (χ2n) is 10.7. The molecule has 10 heteroatoms. The Hall–Kier alpha value is -3.14. The number of hydrogen-bond donors (Lipinski definition) is 1. The minimum Gasteiger partial charge on any atom is -0.461 e. The van der Waals surface area contributed by atoms with E-state index in [9.17, 15) is 19.2 Å². The highest BCUT2D eigenvalue weighted by Gasteiger charge is 2.24. The molecule has 0 bridgehead atoms. The monoisotopic (exact) mass is 565 g/mol. The Morgan fingerprint density at radius 2 is 1.32 bits per heavy atom. The van der Waals surface area contributed by atoms with Crippen molar-refractivity contribution >= 4 is 24.1 Å². The Bertz CT molecular complexity index is 978. The van der Waals surface area contributed by atoms with Gasteiger partial charge in [0.2, 0.25) is 0 Å². The summed E-state index contributed by atoms with van der Waals surface area (Å²) in [5.41, 5.74) is 6.64. The quantitative estimate of drug-likeness (QED) is 0.205. The van der Waals surface area contributed by atoms with Crippen LogP contribution < -0.4 is 15.2 Å². The Balaban J connectivity index is 2.88. The van der Waals surface area contributed by atoms with Crippen LogP contribution in [-0.4, -0.2) is 48.9 Å². The summed E-state index contributed by atoms with van der Waals surface area (Å²) in [6.07, 6.45) is 1.13. The van der Waals surface area contributed by atoms with Crippen LogP contribution in [0.4, 0.5) is 4.79 Å². The molecule has 0 spiro atoms. The van der Waals surface area contributed by atoms with E-state index in [1.807, 2.05) is 27.7 Å². The van der Waals surface area contributed by atoms with Crippen LogP contribution in [0.1, 0.15) is 86.6 Å². The van der Waals surface area contributed by atoms with Crippen molar-refractivity contribution in [3.05, 3.63) is 23.8 Å². The van der Waals surface area contributed by atoms with Gasteiger partial charge in [-0.2, -0.15) is 0 Å². The summed E-state index contributed by atoms with van der Waals surface area (Å²) < 4.78 is 26.6. The number of carbonyl (C=O) groups excluding carboxylic acids is 4. The van der Waals surface area contributed by atoms with Crippen LogP contribution in [0.3, 0.4) is 0 Å². The van der Waals surface area contributed by atoms with Gasteiger partial charge < -0.3 is 29.4 Å². The number of benzene rings is 1. The van der Waals surface area contributed by atoms with E-state index in [2.05, 4.69) is 0 Å². The molecule has 0 aliphatic carbocycles. The average molecular weight is 566 g/mol. The van der Waals surface area contributed by atoms with Gasteiger partial charge in [-0.05, 0) is 56.7 Å². The first-order valence-electron chi connectivity index (χ1n) is 14.1. The predicted molar refractivity (Wildman–Crippen MR) is 150 cm³/mol. The Labute approximate surface area is 238 Å². The van der Waals surface area contributed by atoms with Crippen molar-refractivity contribution in [2.45, 2.75) is 106 Å². The van der Waals surface area contributed by atoms with Gasteiger partial charge in [0.1, 0.15) is 24.9 Å². The van der Waals surface area contributed by atoms with Crippen LogP contribution in [0.15, 0.2) is 18.2 Å². The van der Waals surface area contributed by atoms with Crippen molar-refractivity contribution < 1.29 is 42.9 Å². The van der Waals surface area contributed by atoms with Crippen molar-refractivity contribution in [3.63, 3.8) is 0 Å². The van der Waals surface area contributed by atoms with Crippen LogP contribution in [0, 0.1) is 17.8 Å². The third-order valence-electron chi connectivity index (χ3n) is 6.41. The lowest BCUT2D eigenvalue weighted by Crippen LogP contribution is -2.36. The fourth-order valence-electron chi connectivity index (χ4n) is 3.52. The van der Waals surface area contributed by atoms with Crippen molar-refractivity contribution in [1.29, 1.82) is 0 Å². The zero-order valence-electron chi connectivity index (χ0n) is 25.2. The molecule has 0 aliphatic heterocycles. The summed E-state index contributed by atoms with van der Waals surface area (Å²) >= 11 is 0. The third kappa shape index (κ3) is 12.4. The molecule has 0 aromatic heterocycles. The van der Waals surface area contributed by atoms with Crippen molar-refractivity contribution in [2.75, 3.05) is 6.61 Å². The van der Waals surface area contributed by atoms with Crippen LogP contribution in [-0.2, 0) is 35.0 Å². The van der Waals surface area contributed by atoms with Gasteiger partial charge in [0.25, 0.3) is 0 Å². The summed E-state index contributed by atoms with van der Waals surface area (Å²) in [5.74, 6) is -1.89. The molecule has 3 unspecified atom stereocenters. The number of hydrogen-bond acceptors (Lipinski definition) is 10. The number of rotatable bonds is 16. The van der Waals surface area contributed by atoms with Crippen molar-refractivity contribution in [2.24, 2.45) is 23.5 Å². The molecule has 0 radical (unpaired) electrons. The summed E-state index contributed by atoms with van der Waals surface area (Å²) in [6.45, 7) is 14.5. The molecule has 0 amide bonds. The number of carbonyl (C=O) groups is 4. The van der Waals surface area contributed by atoms with Crippen LogP contribution in [0.25, 0.3) is 0 Å². The van der Waals surface area contributed by atoms with E-state index in [1.165, 1.54) is 12.1 Å². The highest BCUT2D eigenvalue weighted by atomic mass is 16.7. The molecule has 1 rings (SSSR count). The summed E-state index contributed by atoms with van der Waals surface area (Å²) in [7, 11) is 0.